The minimum Gasteiger partial charge on any atom is -0.386 e. The Morgan fingerprint density at radius 2 is 1.77 bits per heavy atom. The van der Waals surface area contributed by atoms with Crippen LogP contribution in [-0.2, 0) is 0 Å². The molecule has 0 aromatic carbocycles. The van der Waals surface area contributed by atoms with Crippen LogP contribution in [0.5, 0.6) is 0 Å². The summed E-state index contributed by atoms with van der Waals surface area (Å²) >= 11 is 1.69. The van der Waals surface area contributed by atoms with Gasteiger partial charge < -0.3 is 10.4 Å². The van der Waals surface area contributed by atoms with E-state index in [2.05, 4.69) is 44.5 Å². The third-order valence-electron chi connectivity index (χ3n) is 4.36. The van der Waals surface area contributed by atoms with E-state index in [-0.39, 0.29) is 12.1 Å². The number of rotatable bonds is 12. The first kappa shape index (κ1) is 19.7. The Balaban J connectivity index is 2.33. The van der Waals surface area contributed by atoms with E-state index in [1.165, 1.54) is 44.1 Å². The molecular formula is C19H35NOS. The van der Waals surface area contributed by atoms with Gasteiger partial charge in [-0.3, -0.25) is 0 Å². The molecule has 2 N–H and O–H groups in total. The summed E-state index contributed by atoms with van der Waals surface area (Å²) in [6.07, 6.45) is 8.49. The molecule has 1 aromatic heterocycles. The normalized spacial score (nSPS) is 14.5. The maximum Gasteiger partial charge on any atom is 0.103 e. The van der Waals surface area contributed by atoms with Crippen molar-refractivity contribution in [1.82, 2.24) is 5.32 Å². The average Bonchev–Trinajstić information content (AvgIpc) is 3.00. The first-order chi connectivity index (χ1) is 10.6. The molecule has 0 radical (unpaired) electrons. The van der Waals surface area contributed by atoms with Crippen molar-refractivity contribution in [1.29, 1.82) is 0 Å². The summed E-state index contributed by atoms with van der Waals surface area (Å²) < 4.78 is 0. The maximum atomic E-state index is 10.6. The first-order valence-corrected chi connectivity index (χ1v) is 9.97. The highest BCUT2D eigenvalue weighted by atomic mass is 32.1. The standard InChI is InChI=1S/C19H35NOS/c1-5-7-8-9-10-11-12-20-17(6-2)19(21)18-13-16(14-22-18)15(3)4/h13-15,17,19-21H,5-12H2,1-4H3. The van der Waals surface area contributed by atoms with Crippen LogP contribution in [0.25, 0.3) is 0 Å². The molecule has 128 valence electrons. The Hall–Kier alpha value is -0.380. The van der Waals surface area contributed by atoms with Crippen LogP contribution in [0.15, 0.2) is 11.4 Å². The summed E-state index contributed by atoms with van der Waals surface area (Å²) in [5, 5.41) is 16.3. The lowest BCUT2D eigenvalue weighted by molar-refractivity contribution is 0.129. The molecule has 0 aliphatic rings. The Kier molecular flexibility index (Phi) is 10.0. The van der Waals surface area contributed by atoms with E-state index in [9.17, 15) is 5.11 Å². The van der Waals surface area contributed by atoms with Gasteiger partial charge in [0.15, 0.2) is 0 Å². The van der Waals surface area contributed by atoms with Gasteiger partial charge in [0.2, 0.25) is 0 Å². The van der Waals surface area contributed by atoms with Gasteiger partial charge in [-0.2, -0.15) is 0 Å². The van der Waals surface area contributed by atoms with Gasteiger partial charge in [-0.05, 0) is 42.3 Å². The highest BCUT2D eigenvalue weighted by molar-refractivity contribution is 7.10. The van der Waals surface area contributed by atoms with Crippen molar-refractivity contribution in [3.8, 4) is 0 Å². The van der Waals surface area contributed by atoms with Gasteiger partial charge in [-0.15, -0.1) is 11.3 Å². The molecule has 22 heavy (non-hydrogen) atoms. The Morgan fingerprint density at radius 3 is 2.36 bits per heavy atom. The number of aliphatic hydroxyl groups excluding tert-OH is 1. The van der Waals surface area contributed by atoms with Gasteiger partial charge in [0.1, 0.15) is 6.10 Å². The summed E-state index contributed by atoms with van der Waals surface area (Å²) in [5.41, 5.74) is 1.34. The molecular weight excluding hydrogens is 290 g/mol. The molecule has 1 heterocycles. The number of hydrogen-bond donors (Lipinski definition) is 2. The van der Waals surface area contributed by atoms with Crippen LogP contribution in [0.2, 0.25) is 0 Å². The van der Waals surface area contributed by atoms with Crippen molar-refractivity contribution in [2.45, 2.75) is 90.7 Å². The van der Waals surface area contributed by atoms with E-state index in [1.807, 2.05) is 0 Å². The highest BCUT2D eigenvalue weighted by Gasteiger charge is 2.20. The van der Waals surface area contributed by atoms with Crippen LogP contribution in [0.1, 0.15) is 95.1 Å². The van der Waals surface area contributed by atoms with Gasteiger partial charge in [-0.1, -0.05) is 59.8 Å². The summed E-state index contributed by atoms with van der Waals surface area (Å²) in [7, 11) is 0. The van der Waals surface area contributed by atoms with Gasteiger partial charge in [-0.25, -0.2) is 0 Å². The molecule has 0 saturated carbocycles. The first-order valence-electron chi connectivity index (χ1n) is 9.09. The summed E-state index contributed by atoms with van der Waals surface area (Å²) in [4.78, 5) is 1.10. The lowest BCUT2D eigenvalue weighted by Gasteiger charge is -2.22. The van der Waals surface area contributed by atoms with Crippen LogP contribution in [0.3, 0.4) is 0 Å². The Labute approximate surface area is 141 Å². The van der Waals surface area contributed by atoms with Crippen LogP contribution in [0, 0.1) is 0 Å². The lowest BCUT2D eigenvalue weighted by atomic mass is 10.0. The predicted molar refractivity (Wildman–Crippen MR) is 98.8 cm³/mol. The van der Waals surface area contributed by atoms with E-state index in [1.54, 1.807) is 11.3 Å². The SMILES string of the molecule is CCCCCCCCNC(CC)C(O)c1cc(C(C)C)cs1. The van der Waals surface area contributed by atoms with E-state index in [0.717, 1.165) is 17.8 Å². The van der Waals surface area contributed by atoms with Gasteiger partial charge in [0.05, 0.1) is 0 Å². The number of hydrogen-bond acceptors (Lipinski definition) is 3. The van der Waals surface area contributed by atoms with Crippen molar-refractivity contribution < 1.29 is 5.11 Å². The van der Waals surface area contributed by atoms with Crippen LogP contribution < -0.4 is 5.32 Å². The maximum absolute atomic E-state index is 10.6. The van der Waals surface area contributed by atoms with Crippen molar-refractivity contribution in [3.63, 3.8) is 0 Å². The average molecular weight is 326 g/mol. The van der Waals surface area contributed by atoms with Gasteiger partial charge in [0, 0.05) is 10.9 Å². The highest BCUT2D eigenvalue weighted by Crippen LogP contribution is 2.29. The summed E-state index contributed by atoms with van der Waals surface area (Å²) in [6.45, 7) is 9.83. The van der Waals surface area contributed by atoms with E-state index in [4.69, 9.17) is 0 Å². The minimum atomic E-state index is -0.373. The summed E-state index contributed by atoms with van der Waals surface area (Å²) in [5.74, 6) is 0.536. The van der Waals surface area contributed by atoms with E-state index < -0.39 is 0 Å². The fraction of sp³-hybridized carbons (Fsp3) is 0.789. The van der Waals surface area contributed by atoms with Gasteiger partial charge in [0.25, 0.3) is 0 Å². The second kappa shape index (κ2) is 11.2. The molecule has 0 fully saturated rings. The van der Waals surface area contributed by atoms with E-state index in [0.29, 0.717) is 5.92 Å². The molecule has 0 amide bonds. The fourth-order valence-corrected chi connectivity index (χ4v) is 3.82. The van der Waals surface area contributed by atoms with Gasteiger partial charge >= 0.3 is 0 Å². The third kappa shape index (κ3) is 6.80. The van der Waals surface area contributed by atoms with Crippen LogP contribution in [0.4, 0.5) is 0 Å². The second-order valence-corrected chi connectivity index (χ2v) is 7.56. The molecule has 1 rings (SSSR count). The number of aliphatic hydroxyl groups is 1. The number of thiophene rings is 1. The smallest absolute Gasteiger partial charge is 0.103 e. The largest absolute Gasteiger partial charge is 0.386 e. The lowest BCUT2D eigenvalue weighted by Crippen LogP contribution is -2.34. The zero-order valence-corrected chi connectivity index (χ0v) is 15.7. The zero-order valence-electron chi connectivity index (χ0n) is 14.9. The summed E-state index contributed by atoms with van der Waals surface area (Å²) in [6, 6.07) is 2.35. The third-order valence-corrected chi connectivity index (χ3v) is 5.38. The molecule has 0 aliphatic heterocycles. The Morgan fingerprint density at radius 1 is 1.09 bits per heavy atom. The number of unbranched alkanes of at least 4 members (excludes halogenated alkanes) is 5. The quantitative estimate of drug-likeness (QED) is 0.488. The van der Waals surface area contributed by atoms with Crippen molar-refractivity contribution >= 4 is 11.3 Å². The molecule has 0 bridgehead atoms. The zero-order chi connectivity index (χ0) is 16.4. The van der Waals surface area contributed by atoms with Crippen molar-refractivity contribution in [3.05, 3.63) is 21.9 Å². The molecule has 0 aliphatic carbocycles. The molecule has 0 spiro atoms. The molecule has 2 atom stereocenters. The molecule has 2 nitrogen and oxygen atoms in total. The molecule has 1 aromatic rings. The van der Waals surface area contributed by atoms with Crippen LogP contribution in [-0.4, -0.2) is 17.7 Å². The van der Waals surface area contributed by atoms with Crippen molar-refractivity contribution in [2.24, 2.45) is 0 Å². The number of nitrogens with one attached hydrogen (secondary N) is 1. The Bertz CT molecular complexity index is 389. The fourth-order valence-electron chi connectivity index (χ4n) is 2.70. The molecule has 3 heteroatoms. The monoisotopic (exact) mass is 325 g/mol. The van der Waals surface area contributed by atoms with E-state index >= 15 is 0 Å². The molecule has 2 unspecified atom stereocenters. The topological polar surface area (TPSA) is 32.3 Å². The molecule has 0 saturated heterocycles. The predicted octanol–water partition coefficient (Wildman–Crippen LogP) is 5.63. The van der Waals surface area contributed by atoms with Crippen LogP contribution >= 0.6 is 11.3 Å². The second-order valence-electron chi connectivity index (χ2n) is 6.62. The minimum absolute atomic E-state index is 0.175. The van der Waals surface area contributed by atoms with Crippen molar-refractivity contribution in [2.75, 3.05) is 6.54 Å².